The van der Waals surface area contributed by atoms with Crippen LogP contribution in [0.2, 0.25) is 0 Å². The molecule has 120 valence electrons. The first-order valence-corrected chi connectivity index (χ1v) is 7.81. The van der Waals surface area contributed by atoms with Gasteiger partial charge in [0.05, 0.1) is 6.61 Å². The zero-order valence-corrected chi connectivity index (χ0v) is 13.9. The Labute approximate surface area is 129 Å². The summed E-state index contributed by atoms with van der Waals surface area (Å²) in [5.74, 6) is 0.975. The van der Waals surface area contributed by atoms with Gasteiger partial charge in [-0.15, -0.1) is 0 Å². The van der Waals surface area contributed by atoms with E-state index >= 15 is 0 Å². The highest BCUT2D eigenvalue weighted by molar-refractivity contribution is 5.33. The van der Waals surface area contributed by atoms with E-state index in [1.165, 1.54) is 5.56 Å². The molecule has 4 heteroatoms. The van der Waals surface area contributed by atoms with Crippen LogP contribution in [0, 0.1) is 0 Å². The molecule has 1 unspecified atom stereocenters. The number of benzene rings is 1. The molecule has 0 fully saturated rings. The fourth-order valence-electron chi connectivity index (χ4n) is 2.27. The van der Waals surface area contributed by atoms with Crippen LogP contribution < -0.4 is 10.1 Å². The van der Waals surface area contributed by atoms with Gasteiger partial charge in [-0.3, -0.25) is 4.90 Å². The third-order valence-corrected chi connectivity index (χ3v) is 3.77. The average Bonchev–Trinajstić information content (AvgIpc) is 2.51. The topological polar surface area (TPSA) is 33.7 Å². The molecule has 21 heavy (non-hydrogen) atoms. The van der Waals surface area contributed by atoms with Crippen molar-refractivity contribution in [3.8, 4) is 5.75 Å². The summed E-state index contributed by atoms with van der Waals surface area (Å²) in [6, 6.07) is 8.75. The van der Waals surface area contributed by atoms with Crippen LogP contribution in [-0.2, 0) is 11.3 Å². The molecule has 1 atom stereocenters. The molecule has 0 aliphatic rings. The number of nitrogens with zero attached hydrogens (tertiary/aromatic N) is 1. The molecule has 0 amide bonds. The number of para-hydroxylation sites is 1. The lowest BCUT2D eigenvalue weighted by Gasteiger charge is -2.28. The summed E-state index contributed by atoms with van der Waals surface area (Å²) in [5, 5.41) is 3.17. The van der Waals surface area contributed by atoms with Crippen LogP contribution in [0.1, 0.15) is 25.8 Å². The first-order valence-electron chi connectivity index (χ1n) is 7.81. The standard InChI is InChI=1S/C17H30N2O2/c1-5-15(2)19(10-12-20-4)11-13-21-17-9-7-6-8-16(17)14-18-3/h6-9,15,18H,5,10-14H2,1-4H3. The number of hydrogen-bond acceptors (Lipinski definition) is 4. The van der Waals surface area contributed by atoms with Crippen LogP contribution in [0.3, 0.4) is 0 Å². The average molecular weight is 294 g/mol. The molecule has 0 spiro atoms. The van der Waals surface area contributed by atoms with E-state index < -0.39 is 0 Å². The first kappa shape index (κ1) is 18.0. The minimum absolute atomic E-state index is 0.552. The molecule has 0 bridgehead atoms. The van der Waals surface area contributed by atoms with Gasteiger partial charge < -0.3 is 14.8 Å². The third kappa shape index (κ3) is 6.46. The van der Waals surface area contributed by atoms with Crippen molar-refractivity contribution in [1.82, 2.24) is 10.2 Å². The highest BCUT2D eigenvalue weighted by Gasteiger charge is 2.12. The zero-order chi connectivity index (χ0) is 15.5. The predicted molar refractivity (Wildman–Crippen MR) is 87.9 cm³/mol. The lowest BCUT2D eigenvalue weighted by Crippen LogP contribution is -2.38. The summed E-state index contributed by atoms with van der Waals surface area (Å²) in [6.07, 6.45) is 1.14. The van der Waals surface area contributed by atoms with Crippen LogP contribution in [0.5, 0.6) is 5.75 Å². The minimum Gasteiger partial charge on any atom is -0.492 e. The van der Waals surface area contributed by atoms with Crippen molar-refractivity contribution in [2.45, 2.75) is 32.9 Å². The Morgan fingerprint density at radius 1 is 1.19 bits per heavy atom. The second-order valence-corrected chi connectivity index (χ2v) is 5.27. The second kappa shape index (κ2) is 10.6. The van der Waals surface area contributed by atoms with Gasteiger partial charge >= 0.3 is 0 Å². The monoisotopic (exact) mass is 294 g/mol. The maximum absolute atomic E-state index is 5.97. The highest BCUT2D eigenvalue weighted by Crippen LogP contribution is 2.17. The number of nitrogens with one attached hydrogen (secondary N) is 1. The van der Waals surface area contributed by atoms with Crippen LogP contribution in [0.25, 0.3) is 0 Å². The number of methoxy groups -OCH3 is 1. The second-order valence-electron chi connectivity index (χ2n) is 5.27. The molecule has 0 aromatic heterocycles. The molecule has 1 aromatic carbocycles. The molecular formula is C17H30N2O2. The number of rotatable bonds is 11. The lowest BCUT2D eigenvalue weighted by atomic mass is 10.2. The van der Waals surface area contributed by atoms with Gasteiger partial charge in [-0.25, -0.2) is 0 Å². The minimum atomic E-state index is 0.552. The van der Waals surface area contributed by atoms with Crippen molar-refractivity contribution >= 4 is 0 Å². The summed E-state index contributed by atoms with van der Waals surface area (Å²) in [6.45, 7) is 8.64. The maximum atomic E-state index is 5.97. The Kier molecular flexibility index (Phi) is 9.06. The summed E-state index contributed by atoms with van der Waals surface area (Å²) < 4.78 is 11.2. The van der Waals surface area contributed by atoms with E-state index in [1.807, 2.05) is 25.2 Å². The van der Waals surface area contributed by atoms with E-state index in [1.54, 1.807) is 7.11 Å². The van der Waals surface area contributed by atoms with Crippen molar-refractivity contribution in [2.75, 3.05) is 40.5 Å². The molecule has 0 heterocycles. The molecule has 1 aromatic rings. The summed E-state index contributed by atoms with van der Waals surface area (Å²) in [7, 11) is 3.70. The molecule has 0 aliphatic carbocycles. The summed E-state index contributed by atoms with van der Waals surface area (Å²) in [4.78, 5) is 2.42. The Bertz CT molecular complexity index is 385. The van der Waals surface area contributed by atoms with Crippen molar-refractivity contribution < 1.29 is 9.47 Å². The molecule has 0 saturated heterocycles. The first-order chi connectivity index (χ1) is 10.2. The predicted octanol–water partition coefficient (Wildman–Crippen LogP) is 2.53. The Balaban J connectivity index is 2.49. The number of hydrogen-bond donors (Lipinski definition) is 1. The Hall–Kier alpha value is -1.10. The van der Waals surface area contributed by atoms with Gasteiger partial charge in [-0.2, -0.15) is 0 Å². The van der Waals surface area contributed by atoms with Gasteiger partial charge in [-0.05, 0) is 26.5 Å². The van der Waals surface area contributed by atoms with Gasteiger partial charge in [0.1, 0.15) is 12.4 Å². The number of ether oxygens (including phenoxy) is 2. The van der Waals surface area contributed by atoms with Gasteiger partial charge in [0.2, 0.25) is 0 Å². The van der Waals surface area contributed by atoms with Crippen molar-refractivity contribution in [1.29, 1.82) is 0 Å². The Morgan fingerprint density at radius 2 is 1.90 bits per heavy atom. The van der Waals surface area contributed by atoms with Gasteiger partial charge in [-0.1, -0.05) is 25.1 Å². The van der Waals surface area contributed by atoms with Gasteiger partial charge in [0, 0.05) is 38.3 Å². The Morgan fingerprint density at radius 3 is 2.57 bits per heavy atom. The summed E-state index contributed by atoms with van der Waals surface area (Å²) >= 11 is 0. The zero-order valence-electron chi connectivity index (χ0n) is 13.9. The van der Waals surface area contributed by atoms with E-state index in [9.17, 15) is 0 Å². The van der Waals surface area contributed by atoms with Crippen LogP contribution in [0.4, 0.5) is 0 Å². The molecule has 0 saturated carbocycles. The normalized spacial score (nSPS) is 12.6. The third-order valence-electron chi connectivity index (χ3n) is 3.77. The quantitative estimate of drug-likeness (QED) is 0.680. The highest BCUT2D eigenvalue weighted by atomic mass is 16.5. The molecule has 1 N–H and O–H groups in total. The van der Waals surface area contributed by atoms with Gasteiger partial charge in [0.25, 0.3) is 0 Å². The van der Waals surface area contributed by atoms with Crippen LogP contribution >= 0.6 is 0 Å². The van der Waals surface area contributed by atoms with Crippen molar-refractivity contribution in [3.05, 3.63) is 29.8 Å². The fraction of sp³-hybridized carbons (Fsp3) is 0.647. The molecular weight excluding hydrogens is 264 g/mol. The molecule has 0 aliphatic heterocycles. The summed E-state index contributed by atoms with van der Waals surface area (Å²) in [5.41, 5.74) is 1.20. The maximum Gasteiger partial charge on any atom is 0.123 e. The van der Waals surface area contributed by atoms with E-state index in [2.05, 4.69) is 30.1 Å². The molecule has 0 radical (unpaired) electrons. The fourth-order valence-corrected chi connectivity index (χ4v) is 2.27. The van der Waals surface area contributed by atoms with E-state index in [4.69, 9.17) is 9.47 Å². The van der Waals surface area contributed by atoms with E-state index in [0.717, 1.165) is 38.4 Å². The van der Waals surface area contributed by atoms with Crippen molar-refractivity contribution in [3.63, 3.8) is 0 Å². The van der Waals surface area contributed by atoms with Crippen LogP contribution in [0.15, 0.2) is 24.3 Å². The van der Waals surface area contributed by atoms with Crippen LogP contribution in [-0.4, -0.2) is 51.4 Å². The lowest BCUT2D eigenvalue weighted by molar-refractivity contribution is 0.109. The SMILES string of the molecule is CCC(C)N(CCOC)CCOc1ccccc1CNC. The van der Waals surface area contributed by atoms with E-state index in [0.29, 0.717) is 12.6 Å². The largest absolute Gasteiger partial charge is 0.492 e. The van der Waals surface area contributed by atoms with Gasteiger partial charge in [0.15, 0.2) is 0 Å². The molecule has 4 nitrogen and oxygen atoms in total. The van der Waals surface area contributed by atoms with Crippen molar-refractivity contribution in [2.24, 2.45) is 0 Å². The molecule has 1 rings (SSSR count). The van der Waals surface area contributed by atoms with E-state index in [-0.39, 0.29) is 0 Å². The smallest absolute Gasteiger partial charge is 0.123 e.